The zero-order chi connectivity index (χ0) is 17.2. The van der Waals surface area contributed by atoms with E-state index in [1.54, 1.807) is 7.11 Å². The van der Waals surface area contributed by atoms with Crippen molar-refractivity contribution in [1.82, 2.24) is 10.2 Å². The first-order valence-corrected chi connectivity index (χ1v) is 9.79. The third kappa shape index (κ3) is 7.09. The molecule has 0 bridgehead atoms. The minimum Gasteiger partial charge on any atom is -0.497 e. The molecule has 0 spiro atoms. The summed E-state index contributed by atoms with van der Waals surface area (Å²) in [6.45, 7) is 9.71. The molecule has 0 amide bonds. The van der Waals surface area contributed by atoms with Crippen molar-refractivity contribution in [3.8, 4) is 5.75 Å². The molecular weight excluding hydrogens is 445 g/mol. The molecule has 1 aromatic carbocycles. The number of methoxy groups -OCH3 is 1. The average molecular weight is 475 g/mol. The predicted molar refractivity (Wildman–Crippen MR) is 121 cm³/mol. The van der Waals surface area contributed by atoms with Crippen LogP contribution in [0.25, 0.3) is 0 Å². The fourth-order valence-corrected chi connectivity index (χ4v) is 3.46. The SMILES string of the molecule is C=CCSCCN=C(NCC)N1CCC(c2ccc(OC)cc2)C1.I. The third-order valence-corrected chi connectivity index (χ3v) is 5.09. The summed E-state index contributed by atoms with van der Waals surface area (Å²) in [4.78, 5) is 7.16. The normalized spacial score (nSPS) is 17.1. The molecule has 0 aliphatic carbocycles. The summed E-state index contributed by atoms with van der Waals surface area (Å²) >= 11 is 1.87. The van der Waals surface area contributed by atoms with Crippen LogP contribution in [0.15, 0.2) is 41.9 Å². The molecule has 1 unspecified atom stereocenters. The Kier molecular flexibility index (Phi) is 11.0. The van der Waals surface area contributed by atoms with E-state index in [1.807, 2.05) is 30.0 Å². The van der Waals surface area contributed by atoms with Crippen molar-refractivity contribution in [1.29, 1.82) is 0 Å². The summed E-state index contributed by atoms with van der Waals surface area (Å²) in [6.07, 6.45) is 3.11. The van der Waals surface area contributed by atoms with Crippen molar-refractivity contribution < 1.29 is 4.74 Å². The van der Waals surface area contributed by atoms with E-state index >= 15 is 0 Å². The molecule has 1 saturated heterocycles. The maximum Gasteiger partial charge on any atom is 0.193 e. The van der Waals surface area contributed by atoms with E-state index in [-0.39, 0.29) is 24.0 Å². The number of halogens is 1. The van der Waals surface area contributed by atoms with Gasteiger partial charge in [0.15, 0.2) is 5.96 Å². The fourth-order valence-electron chi connectivity index (χ4n) is 2.91. The van der Waals surface area contributed by atoms with Gasteiger partial charge in [-0.2, -0.15) is 11.8 Å². The second kappa shape index (κ2) is 12.5. The highest BCUT2D eigenvalue weighted by atomic mass is 127. The molecular formula is C19H30IN3OS. The molecule has 0 aromatic heterocycles. The van der Waals surface area contributed by atoms with Gasteiger partial charge in [0.2, 0.25) is 0 Å². The first-order valence-electron chi connectivity index (χ1n) is 8.64. The molecule has 0 saturated carbocycles. The standard InChI is InChI=1S/C19H29N3OS.HI/c1-4-13-24-14-11-21-19(20-5-2)22-12-10-17(15-22)16-6-8-18(23-3)9-7-16;/h4,6-9,17H,1,5,10-15H2,2-3H3,(H,20,21);1H. The van der Waals surface area contributed by atoms with Gasteiger partial charge in [-0.05, 0) is 31.0 Å². The highest BCUT2D eigenvalue weighted by Gasteiger charge is 2.25. The lowest BCUT2D eigenvalue weighted by Gasteiger charge is -2.21. The number of aliphatic imine (C=N–C) groups is 1. The lowest BCUT2D eigenvalue weighted by atomic mass is 9.98. The zero-order valence-electron chi connectivity index (χ0n) is 15.2. The molecule has 1 aliphatic rings. The van der Waals surface area contributed by atoms with Gasteiger partial charge < -0.3 is 15.0 Å². The summed E-state index contributed by atoms with van der Waals surface area (Å²) in [5, 5.41) is 3.43. The minimum absolute atomic E-state index is 0. The van der Waals surface area contributed by atoms with Crippen molar-refractivity contribution in [2.45, 2.75) is 19.3 Å². The van der Waals surface area contributed by atoms with Crippen LogP contribution in [0.3, 0.4) is 0 Å². The monoisotopic (exact) mass is 475 g/mol. The minimum atomic E-state index is 0. The van der Waals surface area contributed by atoms with Gasteiger partial charge in [0.05, 0.1) is 13.7 Å². The van der Waals surface area contributed by atoms with Crippen LogP contribution in [0.5, 0.6) is 5.75 Å². The number of benzene rings is 1. The lowest BCUT2D eigenvalue weighted by Crippen LogP contribution is -2.40. The average Bonchev–Trinajstić information content (AvgIpc) is 3.10. The third-order valence-electron chi connectivity index (χ3n) is 4.14. The van der Waals surface area contributed by atoms with Crippen LogP contribution in [0, 0.1) is 0 Å². The highest BCUT2D eigenvalue weighted by Crippen LogP contribution is 2.28. The molecule has 1 heterocycles. The summed E-state index contributed by atoms with van der Waals surface area (Å²) < 4.78 is 5.25. The van der Waals surface area contributed by atoms with Gasteiger partial charge in [-0.3, -0.25) is 4.99 Å². The van der Waals surface area contributed by atoms with Crippen LogP contribution in [0.2, 0.25) is 0 Å². The van der Waals surface area contributed by atoms with E-state index < -0.39 is 0 Å². The first kappa shape index (κ1) is 22.2. The number of likely N-dealkylation sites (tertiary alicyclic amines) is 1. The number of guanidine groups is 1. The fraction of sp³-hybridized carbons (Fsp3) is 0.526. The Balaban J connectivity index is 0.00000312. The van der Waals surface area contributed by atoms with Crippen molar-refractivity contribution in [3.63, 3.8) is 0 Å². The molecule has 0 radical (unpaired) electrons. The van der Waals surface area contributed by atoms with Gasteiger partial charge in [-0.1, -0.05) is 18.2 Å². The van der Waals surface area contributed by atoms with Crippen molar-refractivity contribution in [2.75, 3.05) is 44.8 Å². The van der Waals surface area contributed by atoms with E-state index in [0.717, 1.165) is 49.4 Å². The van der Waals surface area contributed by atoms with Crippen molar-refractivity contribution >= 4 is 41.7 Å². The zero-order valence-corrected chi connectivity index (χ0v) is 18.4. The highest BCUT2D eigenvalue weighted by molar-refractivity contribution is 14.0. The molecule has 6 heteroatoms. The predicted octanol–water partition coefficient (Wildman–Crippen LogP) is 3.99. The van der Waals surface area contributed by atoms with Crippen LogP contribution >= 0.6 is 35.7 Å². The van der Waals surface area contributed by atoms with E-state index in [0.29, 0.717) is 5.92 Å². The van der Waals surface area contributed by atoms with Crippen LogP contribution in [-0.2, 0) is 0 Å². The summed E-state index contributed by atoms with van der Waals surface area (Å²) in [5.74, 6) is 4.56. The molecule has 1 fully saturated rings. The number of nitrogens with one attached hydrogen (secondary N) is 1. The number of thioether (sulfide) groups is 1. The summed E-state index contributed by atoms with van der Waals surface area (Å²) in [7, 11) is 1.71. The Bertz CT molecular complexity index is 536. The Morgan fingerprint density at radius 3 is 2.84 bits per heavy atom. The molecule has 25 heavy (non-hydrogen) atoms. The number of ether oxygens (including phenoxy) is 1. The van der Waals surface area contributed by atoms with Gasteiger partial charge in [0.25, 0.3) is 0 Å². The number of rotatable bonds is 8. The second-order valence-corrected chi connectivity index (χ2v) is 6.95. The molecule has 1 N–H and O–H groups in total. The van der Waals surface area contributed by atoms with Crippen LogP contribution in [-0.4, -0.2) is 55.7 Å². The number of hydrogen-bond donors (Lipinski definition) is 1. The van der Waals surface area contributed by atoms with Gasteiger partial charge in [-0.15, -0.1) is 30.6 Å². The number of nitrogens with zero attached hydrogens (tertiary/aromatic N) is 2. The van der Waals surface area contributed by atoms with Gasteiger partial charge in [-0.25, -0.2) is 0 Å². The van der Waals surface area contributed by atoms with Gasteiger partial charge in [0.1, 0.15) is 5.75 Å². The Morgan fingerprint density at radius 2 is 2.20 bits per heavy atom. The van der Waals surface area contributed by atoms with E-state index in [2.05, 4.69) is 35.9 Å². The van der Waals surface area contributed by atoms with Crippen LogP contribution < -0.4 is 10.1 Å². The second-order valence-electron chi connectivity index (χ2n) is 5.80. The summed E-state index contributed by atoms with van der Waals surface area (Å²) in [6, 6.07) is 8.47. The quantitative estimate of drug-likeness (QED) is 0.203. The topological polar surface area (TPSA) is 36.9 Å². The smallest absolute Gasteiger partial charge is 0.193 e. The molecule has 1 aliphatic heterocycles. The van der Waals surface area contributed by atoms with E-state index in [9.17, 15) is 0 Å². The molecule has 140 valence electrons. The maximum atomic E-state index is 5.25. The molecule has 1 atom stereocenters. The van der Waals surface area contributed by atoms with Crippen molar-refractivity contribution in [3.05, 3.63) is 42.5 Å². The summed E-state index contributed by atoms with van der Waals surface area (Å²) in [5.41, 5.74) is 1.38. The number of hydrogen-bond acceptors (Lipinski definition) is 3. The van der Waals surface area contributed by atoms with Crippen LogP contribution in [0.1, 0.15) is 24.8 Å². The first-order chi connectivity index (χ1) is 11.8. The van der Waals surface area contributed by atoms with E-state index in [1.165, 1.54) is 12.0 Å². The van der Waals surface area contributed by atoms with Gasteiger partial charge >= 0.3 is 0 Å². The molecule has 2 rings (SSSR count). The largest absolute Gasteiger partial charge is 0.497 e. The Labute approximate surface area is 173 Å². The maximum absolute atomic E-state index is 5.25. The van der Waals surface area contributed by atoms with Crippen molar-refractivity contribution in [2.24, 2.45) is 4.99 Å². The van der Waals surface area contributed by atoms with Gasteiger partial charge in [0, 0.05) is 37.1 Å². The Morgan fingerprint density at radius 1 is 1.44 bits per heavy atom. The molecule has 4 nitrogen and oxygen atoms in total. The van der Waals surface area contributed by atoms with E-state index in [4.69, 9.17) is 9.73 Å². The Hall–Kier alpha value is -0.890. The van der Waals surface area contributed by atoms with Crippen LogP contribution in [0.4, 0.5) is 0 Å². The lowest BCUT2D eigenvalue weighted by molar-refractivity contribution is 0.414. The molecule has 1 aromatic rings.